The molecule has 0 amide bonds. The van der Waals surface area contributed by atoms with Crippen LogP contribution in [0.1, 0.15) is 19.5 Å². The van der Waals surface area contributed by atoms with Crippen LogP contribution >= 0.6 is 0 Å². The number of carboxylic acids is 1. The van der Waals surface area contributed by atoms with Crippen LogP contribution < -0.4 is 4.72 Å². The molecule has 0 spiro atoms. The van der Waals surface area contributed by atoms with Crippen LogP contribution in [-0.2, 0) is 21.5 Å². The summed E-state index contributed by atoms with van der Waals surface area (Å²) in [5, 5.41) is 9.02. The van der Waals surface area contributed by atoms with E-state index in [2.05, 4.69) is 9.71 Å². The number of hydrogen-bond acceptors (Lipinski definition) is 4. The summed E-state index contributed by atoms with van der Waals surface area (Å²) < 4.78 is 27.4. The van der Waals surface area contributed by atoms with Crippen molar-refractivity contribution in [3.8, 4) is 0 Å². The van der Waals surface area contributed by atoms with Gasteiger partial charge >= 0.3 is 5.97 Å². The maximum atomic E-state index is 12.1. The lowest BCUT2D eigenvalue weighted by atomic mass is 10.1. The lowest BCUT2D eigenvalue weighted by Gasteiger charge is -2.22. The molecule has 0 aromatic carbocycles. The zero-order valence-corrected chi connectivity index (χ0v) is 12.5. The Morgan fingerprint density at radius 1 is 1.45 bits per heavy atom. The first-order valence-corrected chi connectivity index (χ1v) is 7.54. The second-order valence-corrected chi connectivity index (χ2v) is 6.57. The van der Waals surface area contributed by atoms with Gasteiger partial charge in [-0.3, -0.25) is 9.78 Å². The average Bonchev–Trinajstić information content (AvgIpc) is 2.36. The first-order valence-electron chi connectivity index (χ1n) is 6.10. The van der Waals surface area contributed by atoms with Gasteiger partial charge in [0.25, 0.3) is 10.2 Å². The summed E-state index contributed by atoms with van der Waals surface area (Å²) in [6.07, 6.45) is 1.57. The van der Waals surface area contributed by atoms with Gasteiger partial charge in [0.1, 0.15) is 6.04 Å². The van der Waals surface area contributed by atoms with Crippen molar-refractivity contribution in [2.45, 2.75) is 26.4 Å². The monoisotopic (exact) mass is 301 g/mol. The molecule has 1 aromatic rings. The minimum Gasteiger partial charge on any atom is -0.480 e. The lowest BCUT2D eigenvalue weighted by Crippen LogP contribution is -2.49. The van der Waals surface area contributed by atoms with Crippen LogP contribution in [-0.4, -0.2) is 41.9 Å². The number of aromatic nitrogens is 1. The predicted molar refractivity (Wildman–Crippen MR) is 74.0 cm³/mol. The lowest BCUT2D eigenvalue weighted by molar-refractivity contribution is -0.140. The maximum absolute atomic E-state index is 12.1. The van der Waals surface area contributed by atoms with Gasteiger partial charge < -0.3 is 5.11 Å². The third kappa shape index (κ3) is 4.55. The van der Waals surface area contributed by atoms with Crippen molar-refractivity contribution in [2.75, 3.05) is 7.05 Å². The largest absolute Gasteiger partial charge is 0.480 e. The average molecular weight is 301 g/mol. The van der Waals surface area contributed by atoms with E-state index < -0.39 is 22.2 Å². The van der Waals surface area contributed by atoms with Crippen molar-refractivity contribution < 1.29 is 18.3 Å². The SMILES string of the molecule is CC(C)[C@H](NS(=O)(=O)N(C)Cc1ccccn1)C(=O)O. The number of carbonyl (C=O) groups is 1. The van der Waals surface area contributed by atoms with E-state index in [0.29, 0.717) is 5.69 Å². The molecule has 8 heteroatoms. The zero-order valence-electron chi connectivity index (χ0n) is 11.6. The van der Waals surface area contributed by atoms with E-state index >= 15 is 0 Å². The van der Waals surface area contributed by atoms with E-state index in [1.54, 1.807) is 38.2 Å². The highest BCUT2D eigenvalue weighted by Gasteiger charge is 2.29. The summed E-state index contributed by atoms with van der Waals surface area (Å²) in [5.74, 6) is -1.56. The van der Waals surface area contributed by atoms with E-state index in [9.17, 15) is 13.2 Å². The first kappa shape index (κ1) is 16.5. The molecular formula is C12H19N3O4S. The molecule has 7 nitrogen and oxygen atoms in total. The predicted octanol–water partition coefficient (Wildman–Crippen LogP) is 0.457. The van der Waals surface area contributed by atoms with Gasteiger partial charge in [-0.1, -0.05) is 19.9 Å². The van der Waals surface area contributed by atoms with E-state index in [1.807, 2.05) is 0 Å². The number of aliphatic carboxylic acids is 1. The molecule has 0 aliphatic carbocycles. The van der Waals surface area contributed by atoms with Gasteiger partial charge in [0, 0.05) is 13.2 Å². The molecular weight excluding hydrogens is 282 g/mol. The number of rotatable bonds is 7. The van der Waals surface area contributed by atoms with E-state index in [1.165, 1.54) is 7.05 Å². The minimum atomic E-state index is -3.89. The number of hydrogen-bond donors (Lipinski definition) is 2. The fourth-order valence-corrected chi connectivity index (χ4v) is 2.70. The molecule has 0 aliphatic heterocycles. The minimum absolute atomic E-state index is 0.0700. The number of carboxylic acid groups (broad SMARTS) is 1. The molecule has 0 saturated heterocycles. The van der Waals surface area contributed by atoms with Crippen LogP contribution in [0.5, 0.6) is 0 Å². The van der Waals surface area contributed by atoms with Crippen LogP contribution in [0, 0.1) is 5.92 Å². The topological polar surface area (TPSA) is 99.6 Å². The highest BCUT2D eigenvalue weighted by atomic mass is 32.2. The fraction of sp³-hybridized carbons (Fsp3) is 0.500. The van der Waals surface area contributed by atoms with Gasteiger partial charge in [-0.05, 0) is 18.1 Å². The second kappa shape index (κ2) is 6.78. The molecule has 1 aromatic heterocycles. The fourth-order valence-electron chi connectivity index (χ4n) is 1.53. The van der Waals surface area contributed by atoms with Crippen LogP contribution in [0.15, 0.2) is 24.4 Å². The third-order valence-electron chi connectivity index (χ3n) is 2.73. The van der Waals surface area contributed by atoms with Gasteiger partial charge in [-0.25, -0.2) is 0 Å². The molecule has 1 atom stereocenters. The summed E-state index contributed by atoms with van der Waals surface area (Å²) in [6, 6.07) is 4.02. The van der Waals surface area contributed by atoms with Crippen molar-refractivity contribution in [2.24, 2.45) is 5.92 Å². The van der Waals surface area contributed by atoms with Crippen LogP contribution in [0.4, 0.5) is 0 Å². The van der Waals surface area contributed by atoms with Gasteiger partial charge in [0.2, 0.25) is 0 Å². The summed E-state index contributed by atoms with van der Waals surface area (Å²) >= 11 is 0. The van der Waals surface area contributed by atoms with Gasteiger partial charge in [-0.15, -0.1) is 0 Å². The van der Waals surface area contributed by atoms with Crippen LogP contribution in [0.2, 0.25) is 0 Å². The molecule has 0 radical (unpaired) electrons. The van der Waals surface area contributed by atoms with Crippen molar-refractivity contribution in [3.05, 3.63) is 30.1 Å². The molecule has 0 aliphatic rings. The molecule has 0 unspecified atom stereocenters. The Morgan fingerprint density at radius 3 is 2.55 bits per heavy atom. The highest BCUT2D eigenvalue weighted by molar-refractivity contribution is 7.87. The van der Waals surface area contributed by atoms with Crippen molar-refractivity contribution in [1.82, 2.24) is 14.0 Å². The molecule has 1 rings (SSSR count). The number of pyridine rings is 1. The Hall–Kier alpha value is -1.51. The van der Waals surface area contributed by atoms with Crippen molar-refractivity contribution in [3.63, 3.8) is 0 Å². The summed E-state index contributed by atoms with van der Waals surface area (Å²) in [7, 11) is -2.51. The number of nitrogens with one attached hydrogen (secondary N) is 1. The third-order valence-corrected chi connectivity index (χ3v) is 4.23. The molecule has 0 bridgehead atoms. The summed E-state index contributed by atoms with van der Waals surface area (Å²) in [5.41, 5.74) is 0.580. The first-order chi connectivity index (χ1) is 9.24. The van der Waals surface area contributed by atoms with Crippen LogP contribution in [0.25, 0.3) is 0 Å². The van der Waals surface area contributed by atoms with Gasteiger partial charge in [0.15, 0.2) is 0 Å². The zero-order chi connectivity index (χ0) is 15.3. The Kier molecular flexibility index (Phi) is 5.61. The smallest absolute Gasteiger partial charge is 0.322 e. The Morgan fingerprint density at radius 2 is 2.10 bits per heavy atom. The second-order valence-electron chi connectivity index (χ2n) is 4.76. The summed E-state index contributed by atoms with van der Waals surface area (Å²) in [4.78, 5) is 15.1. The van der Waals surface area contributed by atoms with E-state index in [0.717, 1.165) is 4.31 Å². The van der Waals surface area contributed by atoms with Gasteiger partial charge in [0.05, 0.1) is 12.2 Å². The standard InChI is InChI=1S/C12H19N3O4S/c1-9(2)11(12(16)17)14-20(18,19)15(3)8-10-6-4-5-7-13-10/h4-7,9,11,14H,8H2,1-3H3,(H,16,17)/t11-/m0/s1. The normalized spacial score (nSPS) is 13.7. The molecule has 1 heterocycles. The highest BCUT2D eigenvalue weighted by Crippen LogP contribution is 2.08. The molecule has 0 saturated carbocycles. The quantitative estimate of drug-likeness (QED) is 0.762. The number of nitrogens with zero attached hydrogens (tertiary/aromatic N) is 2. The van der Waals surface area contributed by atoms with Crippen LogP contribution in [0.3, 0.4) is 0 Å². The Labute approximate surface area is 118 Å². The molecule has 20 heavy (non-hydrogen) atoms. The molecule has 2 N–H and O–H groups in total. The molecule has 0 fully saturated rings. The Balaban J connectivity index is 2.80. The van der Waals surface area contributed by atoms with E-state index in [4.69, 9.17) is 5.11 Å². The maximum Gasteiger partial charge on any atom is 0.322 e. The van der Waals surface area contributed by atoms with Crippen molar-refractivity contribution >= 4 is 16.2 Å². The van der Waals surface area contributed by atoms with E-state index in [-0.39, 0.29) is 12.5 Å². The molecule has 112 valence electrons. The summed E-state index contributed by atoms with van der Waals surface area (Å²) in [6.45, 7) is 3.35. The van der Waals surface area contributed by atoms with Gasteiger partial charge in [-0.2, -0.15) is 17.4 Å². The Bertz CT molecular complexity index is 545. The van der Waals surface area contributed by atoms with Crippen molar-refractivity contribution in [1.29, 1.82) is 0 Å².